The van der Waals surface area contributed by atoms with Crippen molar-refractivity contribution in [2.75, 3.05) is 0 Å². The van der Waals surface area contributed by atoms with Gasteiger partial charge in [0.25, 0.3) is 0 Å². The number of thiophene rings is 1. The van der Waals surface area contributed by atoms with Crippen molar-refractivity contribution in [3.05, 3.63) is 27.7 Å². The van der Waals surface area contributed by atoms with Gasteiger partial charge in [-0.2, -0.15) is 0 Å². The summed E-state index contributed by atoms with van der Waals surface area (Å²) in [7, 11) is 0. The van der Waals surface area contributed by atoms with Crippen molar-refractivity contribution in [3.63, 3.8) is 0 Å². The molecule has 0 bridgehead atoms. The Morgan fingerprint density at radius 2 is 2.06 bits per heavy atom. The molecule has 90 valence electrons. The van der Waals surface area contributed by atoms with E-state index in [4.69, 9.17) is 5.11 Å². The Hall–Kier alpha value is -1.20. The SMILES string of the molecule is CCc1ccc(-c2sc(CC)nc2C(=O)O)s1. The number of nitrogens with zero attached hydrogens (tertiary/aromatic N) is 1. The minimum atomic E-state index is -0.942. The molecule has 17 heavy (non-hydrogen) atoms. The van der Waals surface area contributed by atoms with Gasteiger partial charge >= 0.3 is 5.97 Å². The van der Waals surface area contributed by atoms with Gasteiger partial charge in [-0.05, 0) is 25.0 Å². The van der Waals surface area contributed by atoms with Gasteiger partial charge in [0, 0.05) is 9.75 Å². The highest BCUT2D eigenvalue weighted by molar-refractivity contribution is 7.22. The van der Waals surface area contributed by atoms with Gasteiger partial charge in [-0.15, -0.1) is 22.7 Å². The number of aromatic nitrogens is 1. The minimum Gasteiger partial charge on any atom is -0.476 e. The number of hydrogen-bond acceptors (Lipinski definition) is 4. The van der Waals surface area contributed by atoms with Crippen molar-refractivity contribution in [1.82, 2.24) is 4.98 Å². The molecule has 0 radical (unpaired) electrons. The zero-order valence-corrected chi connectivity index (χ0v) is 11.3. The quantitative estimate of drug-likeness (QED) is 0.919. The highest BCUT2D eigenvalue weighted by Crippen LogP contribution is 2.35. The monoisotopic (exact) mass is 267 g/mol. The van der Waals surface area contributed by atoms with Crippen LogP contribution in [0.4, 0.5) is 0 Å². The molecule has 3 nitrogen and oxygen atoms in total. The van der Waals surface area contributed by atoms with E-state index in [9.17, 15) is 4.79 Å². The summed E-state index contributed by atoms with van der Waals surface area (Å²) in [6.45, 7) is 4.08. The fraction of sp³-hybridized carbons (Fsp3) is 0.333. The van der Waals surface area contributed by atoms with Crippen LogP contribution in [0, 0.1) is 0 Å². The van der Waals surface area contributed by atoms with E-state index in [1.54, 1.807) is 11.3 Å². The van der Waals surface area contributed by atoms with Crippen LogP contribution in [0.25, 0.3) is 9.75 Å². The molecule has 2 rings (SSSR count). The first kappa shape index (κ1) is 12.3. The van der Waals surface area contributed by atoms with Gasteiger partial charge < -0.3 is 5.11 Å². The van der Waals surface area contributed by atoms with Crippen LogP contribution in [0.1, 0.15) is 34.2 Å². The highest BCUT2D eigenvalue weighted by Gasteiger charge is 2.19. The van der Waals surface area contributed by atoms with Crippen LogP contribution in [-0.2, 0) is 12.8 Å². The zero-order valence-electron chi connectivity index (χ0n) is 9.69. The van der Waals surface area contributed by atoms with Gasteiger partial charge in [0.1, 0.15) is 0 Å². The summed E-state index contributed by atoms with van der Waals surface area (Å²) in [5.41, 5.74) is 0.191. The summed E-state index contributed by atoms with van der Waals surface area (Å²) in [4.78, 5) is 18.4. The van der Waals surface area contributed by atoms with E-state index in [0.717, 1.165) is 27.6 Å². The Balaban J connectivity index is 2.49. The molecular weight excluding hydrogens is 254 g/mol. The van der Waals surface area contributed by atoms with Crippen molar-refractivity contribution in [3.8, 4) is 9.75 Å². The van der Waals surface area contributed by atoms with Crippen molar-refractivity contribution in [1.29, 1.82) is 0 Å². The number of hydrogen-bond donors (Lipinski definition) is 1. The number of aromatic carboxylic acids is 1. The standard InChI is InChI=1S/C12H13NO2S2/c1-3-7-5-6-8(16-7)11-10(12(14)15)13-9(4-2)17-11/h5-6H,3-4H2,1-2H3,(H,14,15). The molecule has 0 unspecified atom stereocenters. The van der Waals surface area contributed by atoms with Gasteiger partial charge in [0.15, 0.2) is 5.69 Å². The van der Waals surface area contributed by atoms with Gasteiger partial charge in [-0.1, -0.05) is 13.8 Å². The number of carboxylic acids is 1. The highest BCUT2D eigenvalue weighted by atomic mass is 32.1. The maximum absolute atomic E-state index is 11.1. The molecule has 2 aromatic heterocycles. The molecule has 0 aromatic carbocycles. The van der Waals surface area contributed by atoms with Crippen LogP contribution in [0.2, 0.25) is 0 Å². The number of rotatable bonds is 4. The maximum atomic E-state index is 11.1. The van der Waals surface area contributed by atoms with Crippen molar-refractivity contribution >= 4 is 28.6 Å². The van der Waals surface area contributed by atoms with E-state index >= 15 is 0 Å². The third-order valence-electron chi connectivity index (χ3n) is 2.41. The van der Waals surface area contributed by atoms with E-state index in [2.05, 4.69) is 18.0 Å². The first-order valence-electron chi connectivity index (χ1n) is 5.47. The smallest absolute Gasteiger partial charge is 0.356 e. The van der Waals surface area contributed by atoms with E-state index in [1.807, 2.05) is 13.0 Å². The van der Waals surface area contributed by atoms with Crippen LogP contribution in [0.15, 0.2) is 12.1 Å². The van der Waals surface area contributed by atoms with E-state index in [-0.39, 0.29) is 5.69 Å². The Labute approximate surface area is 108 Å². The maximum Gasteiger partial charge on any atom is 0.356 e. The second-order valence-electron chi connectivity index (χ2n) is 3.56. The Morgan fingerprint density at radius 1 is 1.29 bits per heavy atom. The van der Waals surface area contributed by atoms with E-state index in [1.165, 1.54) is 16.2 Å². The zero-order chi connectivity index (χ0) is 12.4. The molecular formula is C12H13NO2S2. The lowest BCUT2D eigenvalue weighted by molar-refractivity contribution is 0.0692. The first-order chi connectivity index (χ1) is 8.15. The fourth-order valence-electron chi connectivity index (χ4n) is 1.52. The van der Waals surface area contributed by atoms with Crippen LogP contribution in [-0.4, -0.2) is 16.1 Å². The topological polar surface area (TPSA) is 50.2 Å². The number of carboxylic acid groups (broad SMARTS) is 1. The van der Waals surface area contributed by atoms with E-state index < -0.39 is 5.97 Å². The summed E-state index contributed by atoms with van der Waals surface area (Å²) in [6, 6.07) is 4.04. The van der Waals surface area contributed by atoms with Gasteiger partial charge in [0.05, 0.1) is 9.88 Å². The molecule has 0 amide bonds. The predicted octanol–water partition coefficient (Wildman–Crippen LogP) is 3.69. The largest absolute Gasteiger partial charge is 0.476 e. The Bertz CT molecular complexity index is 542. The predicted molar refractivity (Wildman–Crippen MR) is 71.1 cm³/mol. The third kappa shape index (κ3) is 2.40. The molecule has 0 aliphatic carbocycles. The fourth-order valence-corrected chi connectivity index (χ4v) is 3.57. The number of carbonyl (C=O) groups is 1. The van der Waals surface area contributed by atoms with Crippen molar-refractivity contribution in [2.45, 2.75) is 26.7 Å². The second kappa shape index (κ2) is 4.98. The van der Waals surface area contributed by atoms with Crippen LogP contribution in [0.5, 0.6) is 0 Å². The molecule has 2 aromatic rings. The molecule has 0 spiro atoms. The lowest BCUT2D eigenvalue weighted by Crippen LogP contribution is -1.98. The van der Waals surface area contributed by atoms with Crippen LogP contribution < -0.4 is 0 Å². The third-order valence-corrected chi connectivity index (χ3v) is 5.02. The normalized spacial score (nSPS) is 10.7. The Morgan fingerprint density at radius 3 is 2.59 bits per heavy atom. The average Bonchev–Trinajstić information content (AvgIpc) is 2.94. The van der Waals surface area contributed by atoms with Crippen molar-refractivity contribution < 1.29 is 9.90 Å². The first-order valence-corrected chi connectivity index (χ1v) is 7.11. The van der Waals surface area contributed by atoms with E-state index in [0.29, 0.717) is 0 Å². The minimum absolute atomic E-state index is 0.191. The van der Waals surface area contributed by atoms with Crippen LogP contribution >= 0.6 is 22.7 Å². The number of thiazole rings is 1. The molecule has 0 aliphatic heterocycles. The summed E-state index contributed by atoms with van der Waals surface area (Å²) in [5, 5.41) is 10.0. The second-order valence-corrected chi connectivity index (χ2v) is 5.82. The molecule has 0 aliphatic rings. The van der Waals surface area contributed by atoms with Crippen LogP contribution in [0.3, 0.4) is 0 Å². The average molecular weight is 267 g/mol. The van der Waals surface area contributed by atoms with Gasteiger partial charge in [-0.3, -0.25) is 0 Å². The number of aryl methyl sites for hydroxylation is 2. The van der Waals surface area contributed by atoms with Gasteiger partial charge in [0.2, 0.25) is 0 Å². The van der Waals surface area contributed by atoms with Crippen molar-refractivity contribution in [2.24, 2.45) is 0 Å². The molecule has 0 fully saturated rings. The summed E-state index contributed by atoms with van der Waals surface area (Å²) < 4.78 is 0. The molecule has 0 saturated carbocycles. The molecule has 5 heteroatoms. The van der Waals surface area contributed by atoms with Gasteiger partial charge in [-0.25, -0.2) is 9.78 Å². The lowest BCUT2D eigenvalue weighted by Gasteiger charge is -1.93. The summed E-state index contributed by atoms with van der Waals surface area (Å²) >= 11 is 3.13. The molecule has 1 N–H and O–H groups in total. The lowest BCUT2D eigenvalue weighted by atomic mass is 10.3. The summed E-state index contributed by atoms with van der Waals surface area (Å²) in [6.07, 6.45) is 1.75. The molecule has 0 saturated heterocycles. The molecule has 0 atom stereocenters. The summed E-state index contributed by atoms with van der Waals surface area (Å²) in [5.74, 6) is -0.942. The molecule has 2 heterocycles. The Kier molecular flexibility index (Phi) is 3.59.